The number of nitrogen functional groups attached to an aromatic ring is 1. The molecule has 0 radical (unpaired) electrons. The van der Waals surface area contributed by atoms with Gasteiger partial charge in [-0.05, 0) is 36.8 Å². The molecule has 0 spiro atoms. The lowest BCUT2D eigenvalue weighted by molar-refractivity contribution is -0.644. The number of imidazole rings is 1. The number of benzene rings is 2. The maximum absolute atomic E-state index is 11.3. The third kappa shape index (κ3) is 3.17. The van der Waals surface area contributed by atoms with Crippen LogP contribution < -0.4 is 20.8 Å². The molecule has 0 bridgehead atoms. The summed E-state index contributed by atoms with van der Waals surface area (Å²) in [6.45, 7) is 3.13. The van der Waals surface area contributed by atoms with E-state index >= 15 is 0 Å². The van der Waals surface area contributed by atoms with Crippen LogP contribution in [0.15, 0.2) is 48.5 Å². The van der Waals surface area contributed by atoms with Gasteiger partial charge in [0.05, 0.1) is 0 Å². The summed E-state index contributed by atoms with van der Waals surface area (Å²) in [6.07, 6.45) is 0. The van der Waals surface area contributed by atoms with Crippen molar-refractivity contribution in [3.63, 3.8) is 0 Å². The van der Waals surface area contributed by atoms with Gasteiger partial charge in [0.25, 0.3) is 5.91 Å². The lowest BCUT2D eigenvalue weighted by Crippen LogP contribution is -2.42. The van der Waals surface area contributed by atoms with Crippen LogP contribution in [0.4, 0.5) is 5.95 Å². The number of hydrogen-bond acceptors (Lipinski definition) is 3. The monoisotopic (exact) mass is 325 g/mol. The fourth-order valence-electron chi connectivity index (χ4n) is 2.83. The summed E-state index contributed by atoms with van der Waals surface area (Å²) < 4.78 is 9.47. The Balaban J connectivity index is 1.84. The minimum absolute atomic E-state index is 0.0537. The molecular formula is C18H21N4O2+. The lowest BCUT2D eigenvalue weighted by atomic mass is 10.2. The Morgan fingerprint density at radius 1 is 1.21 bits per heavy atom. The number of aromatic nitrogens is 2. The zero-order valence-electron chi connectivity index (χ0n) is 13.6. The van der Waals surface area contributed by atoms with E-state index in [1.54, 1.807) is 4.57 Å². The van der Waals surface area contributed by atoms with Crippen molar-refractivity contribution in [2.75, 3.05) is 12.3 Å². The first-order valence-corrected chi connectivity index (χ1v) is 7.80. The van der Waals surface area contributed by atoms with E-state index in [0.29, 0.717) is 19.1 Å². The van der Waals surface area contributed by atoms with Crippen LogP contribution in [0.1, 0.15) is 5.56 Å². The molecule has 3 aromatic rings. The fourth-order valence-corrected chi connectivity index (χ4v) is 2.83. The largest absolute Gasteiger partial charge is 0.490 e. The summed E-state index contributed by atoms with van der Waals surface area (Å²) in [4.78, 5) is 11.3. The Bertz CT molecular complexity index is 886. The number of carbonyl (C=O) groups is 1. The number of fused-ring (bicyclic) bond motifs is 1. The number of para-hydroxylation sites is 2. The van der Waals surface area contributed by atoms with E-state index in [1.165, 1.54) is 0 Å². The number of hydrogen-bond donors (Lipinski definition) is 2. The van der Waals surface area contributed by atoms with Gasteiger partial charge in [-0.25, -0.2) is 9.13 Å². The SMILES string of the molecule is Cc1cccc(OCCn2c(N)[n+](CC(N)=O)c3ccccc32)c1. The average Bonchev–Trinajstić information content (AvgIpc) is 2.80. The Kier molecular flexibility index (Phi) is 4.37. The molecule has 0 atom stereocenters. The molecular weight excluding hydrogens is 304 g/mol. The van der Waals surface area contributed by atoms with E-state index in [9.17, 15) is 4.79 Å². The third-order valence-corrected chi connectivity index (χ3v) is 3.90. The molecule has 1 aromatic heterocycles. The summed E-state index contributed by atoms with van der Waals surface area (Å²) >= 11 is 0. The first-order valence-electron chi connectivity index (χ1n) is 7.80. The highest BCUT2D eigenvalue weighted by atomic mass is 16.5. The second kappa shape index (κ2) is 6.62. The molecule has 4 N–H and O–H groups in total. The number of ether oxygens (including phenoxy) is 1. The van der Waals surface area contributed by atoms with Gasteiger partial charge in [-0.3, -0.25) is 10.5 Å². The Morgan fingerprint density at radius 2 is 2.00 bits per heavy atom. The van der Waals surface area contributed by atoms with E-state index in [1.807, 2.05) is 60.0 Å². The van der Waals surface area contributed by atoms with Gasteiger partial charge in [-0.15, -0.1) is 0 Å². The number of carbonyl (C=O) groups excluding carboxylic acids is 1. The number of amides is 1. The normalized spacial score (nSPS) is 10.9. The number of aryl methyl sites for hydroxylation is 1. The molecule has 3 rings (SSSR count). The zero-order valence-corrected chi connectivity index (χ0v) is 13.6. The molecule has 1 amide bonds. The highest BCUT2D eigenvalue weighted by Gasteiger charge is 2.21. The van der Waals surface area contributed by atoms with Crippen LogP contribution in [-0.4, -0.2) is 17.1 Å². The molecule has 1 heterocycles. The van der Waals surface area contributed by atoms with Crippen LogP contribution in [0.3, 0.4) is 0 Å². The minimum atomic E-state index is -0.425. The standard InChI is InChI=1S/C18H20N4O2/c1-13-5-4-6-14(11-13)24-10-9-21-15-7-2-3-8-16(15)22(18(21)20)12-17(19)23/h2-8,11,20H,9-10,12H2,1H3,(H2,19,23)/p+1. The van der Waals surface area contributed by atoms with Crippen LogP contribution in [0.5, 0.6) is 5.75 Å². The molecule has 0 saturated carbocycles. The summed E-state index contributed by atoms with van der Waals surface area (Å²) in [6, 6.07) is 15.6. The molecule has 0 aliphatic carbocycles. The summed E-state index contributed by atoms with van der Waals surface area (Å²) in [5, 5.41) is 0. The van der Waals surface area contributed by atoms with Gasteiger partial charge in [0.2, 0.25) is 0 Å². The first kappa shape index (κ1) is 15.9. The fraction of sp³-hybridized carbons (Fsp3) is 0.222. The maximum atomic E-state index is 11.3. The van der Waals surface area contributed by atoms with Crippen molar-refractivity contribution in [1.29, 1.82) is 0 Å². The first-order chi connectivity index (χ1) is 11.6. The molecule has 6 heteroatoms. The summed E-state index contributed by atoms with van der Waals surface area (Å²) in [5.74, 6) is 0.892. The minimum Gasteiger partial charge on any atom is -0.490 e. The van der Waals surface area contributed by atoms with Crippen LogP contribution in [-0.2, 0) is 17.9 Å². The Morgan fingerprint density at radius 3 is 2.75 bits per heavy atom. The lowest BCUT2D eigenvalue weighted by Gasteiger charge is -2.06. The van der Waals surface area contributed by atoms with Crippen molar-refractivity contribution in [1.82, 2.24) is 4.57 Å². The van der Waals surface area contributed by atoms with Crippen LogP contribution in [0.25, 0.3) is 11.0 Å². The van der Waals surface area contributed by atoms with E-state index < -0.39 is 5.91 Å². The van der Waals surface area contributed by atoms with Gasteiger partial charge in [-0.2, -0.15) is 0 Å². The summed E-state index contributed by atoms with van der Waals surface area (Å²) in [5.41, 5.74) is 14.5. The molecule has 124 valence electrons. The number of nitrogens with two attached hydrogens (primary N) is 2. The van der Waals surface area contributed by atoms with Crippen LogP contribution >= 0.6 is 0 Å². The molecule has 0 aliphatic rings. The van der Waals surface area contributed by atoms with E-state index in [2.05, 4.69) is 0 Å². The predicted octanol–water partition coefficient (Wildman–Crippen LogP) is 1.38. The van der Waals surface area contributed by atoms with Gasteiger partial charge < -0.3 is 10.5 Å². The topological polar surface area (TPSA) is 87.2 Å². The van der Waals surface area contributed by atoms with E-state index in [-0.39, 0.29) is 6.54 Å². The van der Waals surface area contributed by atoms with Crippen molar-refractivity contribution in [3.05, 3.63) is 54.1 Å². The molecule has 0 fully saturated rings. The summed E-state index contributed by atoms with van der Waals surface area (Å²) in [7, 11) is 0. The van der Waals surface area contributed by atoms with E-state index in [4.69, 9.17) is 16.2 Å². The van der Waals surface area contributed by atoms with Gasteiger partial charge in [0.1, 0.15) is 29.9 Å². The molecule has 2 aromatic carbocycles. The number of primary amides is 1. The molecule has 24 heavy (non-hydrogen) atoms. The van der Waals surface area contributed by atoms with Crippen molar-refractivity contribution < 1.29 is 14.1 Å². The van der Waals surface area contributed by atoms with Gasteiger partial charge in [-0.1, -0.05) is 24.3 Å². The Labute approximate surface area is 140 Å². The van der Waals surface area contributed by atoms with Crippen molar-refractivity contribution in [2.24, 2.45) is 5.73 Å². The average molecular weight is 325 g/mol. The highest BCUT2D eigenvalue weighted by Crippen LogP contribution is 2.17. The zero-order chi connectivity index (χ0) is 17.1. The second-order valence-electron chi connectivity index (χ2n) is 5.72. The molecule has 6 nitrogen and oxygen atoms in total. The highest BCUT2D eigenvalue weighted by molar-refractivity contribution is 5.76. The second-order valence-corrected chi connectivity index (χ2v) is 5.72. The van der Waals surface area contributed by atoms with Crippen LogP contribution in [0, 0.1) is 6.92 Å². The van der Waals surface area contributed by atoms with Gasteiger partial charge in [0, 0.05) is 0 Å². The third-order valence-electron chi connectivity index (χ3n) is 3.90. The van der Waals surface area contributed by atoms with Crippen LogP contribution in [0.2, 0.25) is 0 Å². The molecule has 0 unspecified atom stereocenters. The molecule has 0 aliphatic heterocycles. The smallest absolute Gasteiger partial charge is 0.356 e. The predicted molar refractivity (Wildman–Crippen MR) is 92.4 cm³/mol. The Hall–Kier alpha value is -3.02. The van der Waals surface area contributed by atoms with Gasteiger partial charge >= 0.3 is 5.95 Å². The van der Waals surface area contributed by atoms with E-state index in [0.717, 1.165) is 22.3 Å². The molecule has 0 saturated heterocycles. The van der Waals surface area contributed by atoms with Crippen molar-refractivity contribution >= 4 is 22.9 Å². The van der Waals surface area contributed by atoms with Crippen molar-refractivity contribution in [2.45, 2.75) is 20.0 Å². The number of rotatable bonds is 6. The number of nitrogens with zero attached hydrogens (tertiary/aromatic N) is 2. The quantitative estimate of drug-likeness (QED) is 0.671. The maximum Gasteiger partial charge on any atom is 0.356 e. The van der Waals surface area contributed by atoms with Gasteiger partial charge in [0.15, 0.2) is 6.54 Å². The number of anilines is 1. The van der Waals surface area contributed by atoms with Crippen molar-refractivity contribution in [3.8, 4) is 5.75 Å².